The number of hydrogen-bond acceptors (Lipinski definition) is 30. The third kappa shape index (κ3) is 11.5. The number of allylic oxidation sites excluding steroid dienone is 2. The molecule has 0 aromatic rings. The summed E-state index contributed by atoms with van der Waals surface area (Å²) < 4.78 is 67.9. The Labute approximate surface area is 397 Å². The van der Waals surface area contributed by atoms with Crippen molar-refractivity contribution in [3.05, 3.63) is 11.6 Å². The molecule has 22 heterocycles. The van der Waals surface area contributed by atoms with Gasteiger partial charge in [-0.05, 0) is 13.3 Å². The summed E-state index contributed by atoms with van der Waals surface area (Å²) >= 11 is 0. The molecule has 23 aliphatic rings. The lowest BCUT2D eigenvalue weighted by atomic mass is 9.94. The van der Waals surface area contributed by atoms with Crippen molar-refractivity contribution < 1.29 is 149 Å². The average molecular weight is 1030 g/mol. The van der Waals surface area contributed by atoms with Crippen molar-refractivity contribution in [2.75, 3.05) is 39.6 Å². The first-order chi connectivity index (χ1) is 33.3. The molecular weight excluding hydrogens is 960 g/mol. The van der Waals surface area contributed by atoms with E-state index in [1.807, 2.05) is 0 Å². The second-order valence-electron chi connectivity index (χ2n) is 18.1. The summed E-state index contributed by atoms with van der Waals surface area (Å²) in [5, 5.41) is 196. The molecule has 70 heavy (non-hydrogen) atoms. The van der Waals surface area contributed by atoms with Crippen LogP contribution in [-0.2, 0) is 56.8 Å². The Bertz CT molecular complexity index is 1380. The minimum Gasteiger partial charge on any atom is -0.394 e. The van der Waals surface area contributed by atoms with Crippen LogP contribution in [0.5, 0.6) is 0 Å². The number of aliphatic hydroxyl groups excluding tert-OH is 18. The minimum absolute atomic E-state index is 0.999. The van der Waals surface area contributed by atoms with Crippen LogP contribution >= 0.6 is 0 Å². The van der Waals surface area contributed by atoms with Crippen LogP contribution in [0.4, 0.5) is 0 Å². The Morgan fingerprint density at radius 2 is 0.414 bits per heavy atom. The monoisotopic (exact) mass is 1030 g/mol. The van der Waals surface area contributed by atoms with Gasteiger partial charge in [0, 0.05) is 0 Å². The summed E-state index contributed by atoms with van der Waals surface area (Å²) in [5.41, 5.74) is 1.54. The molecule has 30 heteroatoms. The molecule has 22 saturated heterocycles. The van der Waals surface area contributed by atoms with Crippen LogP contribution in [-0.4, -0.2) is 316 Å². The van der Waals surface area contributed by atoms with Crippen molar-refractivity contribution in [2.45, 2.75) is 198 Å². The first kappa shape index (κ1) is 56.3. The summed E-state index contributed by atoms with van der Waals surface area (Å²) in [4.78, 5) is 0. The van der Waals surface area contributed by atoms with Crippen molar-refractivity contribution in [3.8, 4) is 0 Å². The summed E-state index contributed by atoms with van der Waals surface area (Å²) in [6, 6.07) is 0. The Balaban J connectivity index is 0.00000172. The van der Waals surface area contributed by atoms with Gasteiger partial charge in [-0.15, -0.1) is 0 Å². The van der Waals surface area contributed by atoms with Crippen LogP contribution < -0.4 is 0 Å². The summed E-state index contributed by atoms with van der Waals surface area (Å²) in [6.45, 7) is -3.85. The first-order valence-electron chi connectivity index (χ1n) is 22.7. The highest BCUT2D eigenvalue weighted by Gasteiger charge is 2.58. The number of ether oxygens (including phenoxy) is 12. The molecule has 22 fully saturated rings. The van der Waals surface area contributed by atoms with Gasteiger partial charge in [-0.1, -0.05) is 11.6 Å². The lowest BCUT2D eigenvalue weighted by Crippen LogP contribution is -2.69. The van der Waals surface area contributed by atoms with Gasteiger partial charge in [0.05, 0.1) is 39.6 Å². The molecule has 23 rings (SSSR count). The van der Waals surface area contributed by atoms with E-state index in [-0.39, 0.29) is 0 Å². The second kappa shape index (κ2) is 24.0. The van der Waals surface area contributed by atoms with E-state index in [1.165, 1.54) is 6.42 Å². The van der Waals surface area contributed by atoms with Crippen LogP contribution in [0.25, 0.3) is 0 Å². The molecule has 0 aromatic heterocycles. The summed E-state index contributed by atoms with van der Waals surface area (Å²) in [7, 11) is 0. The van der Waals surface area contributed by atoms with Gasteiger partial charge in [0.1, 0.15) is 146 Å². The fourth-order valence-corrected chi connectivity index (χ4v) is 9.03. The second-order valence-corrected chi connectivity index (χ2v) is 18.1. The van der Waals surface area contributed by atoms with E-state index >= 15 is 0 Å². The van der Waals surface area contributed by atoms with E-state index in [0.717, 1.165) is 0 Å². The van der Waals surface area contributed by atoms with E-state index < -0.39 is 224 Å². The van der Waals surface area contributed by atoms with E-state index in [0.29, 0.717) is 0 Å². The highest BCUT2D eigenvalue weighted by atomic mass is 16.8. The number of aliphatic hydroxyl groups is 18. The van der Waals surface area contributed by atoms with E-state index in [1.54, 1.807) is 5.57 Å². The van der Waals surface area contributed by atoms with Gasteiger partial charge < -0.3 is 149 Å². The summed E-state index contributed by atoms with van der Waals surface area (Å²) in [6.07, 6.45) is -55.0. The first-order valence-corrected chi connectivity index (χ1v) is 22.7. The van der Waals surface area contributed by atoms with Gasteiger partial charge in [-0.3, -0.25) is 0 Å². The lowest BCUT2D eigenvalue weighted by Gasteiger charge is -2.50. The fourth-order valence-electron chi connectivity index (χ4n) is 9.03. The smallest absolute Gasteiger partial charge is 0.187 e. The minimum atomic E-state index is -2.15. The third-order valence-electron chi connectivity index (χ3n) is 13.3. The van der Waals surface area contributed by atoms with Crippen molar-refractivity contribution in [1.82, 2.24) is 0 Å². The standard InChI is InChI=1S/C36H60O30.C4H6/c37-1-7-25-13(43)19(49)31(55-7)62-26-8(2-38)57-33(21(51)15(26)45)64-28-10(4-40)59-35(23(53)17(28)47)66-30-12(6-42)60-36(24(54)18(30)48)65-29-11(5-41)58-34(22(52)16(29)46)63-27-9(3-39)56-32(61-25)20(50)14(27)44;1-4-2-3-4/h7-54H,1-6H2;2H,3H2,1H3/t7-,8-,9-,10-,11-,12-,13-,14-,15-,16-,17-,18-,19-,20-,21-,22-,23-,24-,25-,26-,27-,28-,29-,30-,31-,32-,33-,34-,35-,36-;/m1./s1. The summed E-state index contributed by atoms with van der Waals surface area (Å²) in [5.74, 6) is 0. The predicted octanol–water partition coefficient (Wildman–Crippen LogP) is -11.7. The molecule has 18 N–H and O–H groups in total. The SMILES string of the molecule is CC1=CC1.OC[C@H]1O[C@@H]2O[C@H]3[C@H](O)[C@@H](O)[C@@H](O[C@H]4[C@H](O)[C@@H](O)[C@@H](O[C@H]5[C@H](O)[C@@H](O)[C@@H](O[C@H]6[C@H](O)[C@@H](O)[C@@H](O[C@H]7[C@H](O)[C@@H](O)[C@@H](O[C@H]1[C@H](O)[C@H]2O)O[C@@H]7CO)O[C@@H]6CO)O[C@@H]5CO)O[C@@H]4CO)O[C@@H]3CO. The molecule has 0 aromatic carbocycles. The molecule has 30 atom stereocenters. The van der Waals surface area contributed by atoms with Gasteiger partial charge in [0.2, 0.25) is 0 Å². The molecule has 0 radical (unpaired) electrons. The van der Waals surface area contributed by atoms with Crippen LogP contribution in [0.3, 0.4) is 0 Å². The van der Waals surface area contributed by atoms with Gasteiger partial charge >= 0.3 is 0 Å². The Morgan fingerprint density at radius 1 is 0.286 bits per heavy atom. The molecule has 0 unspecified atom stereocenters. The normalized spacial score (nSPS) is 53.3. The van der Waals surface area contributed by atoms with Crippen LogP contribution in [0.15, 0.2) is 11.6 Å². The maximum atomic E-state index is 11.2. The van der Waals surface area contributed by atoms with E-state index in [4.69, 9.17) is 56.8 Å². The van der Waals surface area contributed by atoms with Gasteiger partial charge in [0.15, 0.2) is 37.7 Å². The number of hydrogen-bond donors (Lipinski definition) is 18. The molecule has 12 bridgehead atoms. The Hall–Kier alpha value is -1.46. The van der Waals surface area contributed by atoms with Crippen molar-refractivity contribution in [1.29, 1.82) is 0 Å². The molecule has 0 spiro atoms. The molecule has 1 aliphatic carbocycles. The average Bonchev–Trinajstić information content (AvgIpc) is 4.15. The predicted molar refractivity (Wildman–Crippen MR) is 214 cm³/mol. The van der Waals surface area contributed by atoms with Gasteiger partial charge in [-0.25, -0.2) is 0 Å². The zero-order valence-electron chi connectivity index (χ0n) is 37.3. The zero-order chi connectivity index (χ0) is 51.0. The van der Waals surface area contributed by atoms with Gasteiger partial charge in [-0.2, -0.15) is 0 Å². The molecule has 30 nitrogen and oxygen atoms in total. The third-order valence-corrected chi connectivity index (χ3v) is 13.3. The Kier molecular flexibility index (Phi) is 19.3. The zero-order valence-corrected chi connectivity index (χ0v) is 37.3. The highest BCUT2D eigenvalue weighted by molar-refractivity contribution is 5.17. The maximum absolute atomic E-state index is 11.2. The quantitative estimate of drug-likeness (QED) is 0.110. The van der Waals surface area contributed by atoms with Crippen molar-refractivity contribution in [2.24, 2.45) is 0 Å². The van der Waals surface area contributed by atoms with E-state index in [2.05, 4.69) is 13.0 Å². The molecule has 0 saturated carbocycles. The van der Waals surface area contributed by atoms with Gasteiger partial charge in [0.25, 0.3) is 0 Å². The largest absolute Gasteiger partial charge is 0.394 e. The molecule has 406 valence electrons. The Morgan fingerprint density at radius 3 is 0.514 bits per heavy atom. The topological polar surface area (TPSA) is 475 Å². The van der Waals surface area contributed by atoms with Crippen LogP contribution in [0.1, 0.15) is 13.3 Å². The fraction of sp³-hybridized carbons (Fsp3) is 0.950. The molecular formula is C40H66O30. The van der Waals surface area contributed by atoms with Crippen molar-refractivity contribution in [3.63, 3.8) is 0 Å². The maximum Gasteiger partial charge on any atom is 0.187 e. The lowest BCUT2D eigenvalue weighted by molar-refractivity contribution is -0.404. The number of rotatable bonds is 6. The molecule has 0 amide bonds. The van der Waals surface area contributed by atoms with E-state index in [9.17, 15) is 91.9 Å². The molecule has 22 aliphatic heterocycles. The highest BCUT2D eigenvalue weighted by Crippen LogP contribution is 2.38. The van der Waals surface area contributed by atoms with Crippen LogP contribution in [0, 0.1) is 0 Å². The van der Waals surface area contributed by atoms with Crippen LogP contribution in [0.2, 0.25) is 0 Å². The van der Waals surface area contributed by atoms with Crippen molar-refractivity contribution >= 4 is 0 Å².